The lowest BCUT2D eigenvalue weighted by molar-refractivity contribution is -0.130. The van der Waals surface area contributed by atoms with Crippen LogP contribution in [-0.2, 0) is 16.1 Å². The molecule has 1 amide bonds. The lowest BCUT2D eigenvalue weighted by Gasteiger charge is -2.17. The number of rotatable bonds is 6. The van der Waals surface area contributed by atoms with Gasteiger partial charge in [0.2, 0.25) is 6.10 Å². The summed E-state index contributed by atoms with van der Waals surface area (Å²) >= 11 is 2.83. The number of nitrogens with one attached hydrogen (secondary N) is 1. The smallest absolute Gasteiger partial charge is 0.349 e. The molecule has 3 aromatic rings. The van der Waals surface area contributed by atoms with Crippen molar-refractivity contribution in [1.29, 1.82) is 0 Å². The van der Waals surface area contributed by atoms with Gasteiger partial charge in [-0.05, 0) is 35.0 Å². The second kappa shape index (κ2) is 7.85. The zero-order chi connectivity index (χ0) is 16.8. The molecule has 0 aromatic carbocycles. The number of hydrogen-bond acceptors (Lipinski definition) is 6. The Bertz CT molecular complexity index is 787. The predicted molar refractivity (Wildman–Crippen MR) is 92.9 cm³/mol. The molecule has 0 aliphatic carbocycles. The van der Waals surface area contributed by atoms with Gasteiger partial charge in [-0.3, -0.25) is 9.78 Å². The van der Waals surface area contributed by atoms with Gasteiger partial charge in [0.05, 0.1) is 6.54 Å². The van der Waals surface area contributed by atoms with Crippen molar-refractivity contribution in [3.05, 3.63) is 74.9 Å². The van der Waals surface area contributed by atoms with Gasteiger partial charge in [0.1, 0.15) is 4.88 Å². The molecule has 122 valence electrons. The summed E-state index contributed by atoms with van der Waals surface area (Å²) in [6.07, 6.45) is 2.12. The SMILES string of the molecule is O=C(OC(C(=O)NCc1cccs1)c1ccncc1)c1cccs1. The Morgan fingerprint density at radius 3 is 2.50 bits per heavy atom. The Labute approximate surface area is 146 Å². The molecule has 0 spiro atoms. The normalized spacial score (nSPS) is 11.7. The highest BCUT2D eigenvalue weighted by atomic mass is 32.1. The summed E-state index contributed by atoms with van der Waals surface area (Å²) in [6, 6.07) is 10.6. The van der Waals surface area contributed by atoms with Gasteiger partial charge in [-0.2, -0.15) is 0 Å². The summed E-state index contributed by atoms with van der Waals surface area (Å²) in [5.74, 6) is -0.877. The van der Waals surface area contributed by atoms with Crippen LogP contribution >= 0.6 is 22.7 Å². The van der Waals surface area contributed by atoms with E-state index in [1.54, 1.807) is 53.4 Å². The largest absolute Gasteiger partial charge is 0.443 e. The molecule has 0 saturated carbocycles. The van der Waals surface area contributed by atoms with Crippen LogP contribution in [0.3, 0.4) is 0 Å². The van der Waals surface area contributed by atoms with Crippen LogP contribution in [0.4, 0.5) is 0 Å². The molecule has 1 N–H and O–H groups in total. The Morgan fingerprint density at radius 2 is 1.83 bits per heavy atom. The van der Waals surface area contributed by atoms with Crippen LogP contribution in [0.25, 0.3) is 0 Å². The van der Waals surface area contributed by atoms with Gasteiger partial charge in [-0.1, -0.05) is 12.1 Å². The van der Waals surface area contributed by atoms with Crippen LogP contribution in [0.15, 0.2) is 59.6 Å². The summed E-state index contributed by atoms with van der Waals surface area (Å²) in [7, 11) is 0. The van der Waals surface area contributed by atoms with Crippen LogP contribution in [0.5, 0.6) is 0 Å². The van der Waals surface area contributed by atoms with Crippen molar-refractivity contribution < 1.29 is 14.3 Å². The maximum Gasteiger partial charge on any atom is 0.349 e. The molecule has 7 heteroatoms. The number of ether oxygens (including phenoxy) is 1. The van der Waals surface area contributed by atoms with E-state index in [0.29, 0.717) is 17.0 Å². The van der Waals surface area contributed by atoms with E-state index in [9.17, 15) is 9.59 Å². The molecule has 24 heavy (non-hydrogen) atoms. The average Bonchev–Trinajstić information content (AvgIpc) is 3.31. The number of carbonyl (C=O) groups is 2. The number of hydrogen-bond donors (Lipinski definition) is 1. The Morgan fingerprint density at radius 1 is 1.08 bits per heavy atom. The van der Waals surface area contributed by atoms with Gasteiger partial charge >= 0.3 is 5.97 Å². The van der Waals surface area contributed by atoms with Crippen molar-refractivity contribution in [2.75, 3.05) is 0 Å². The van der Waals surface area contributed by atoms with Crippen LogP contribution in [-0.4, -0.2) is 16.9 Å². The van der Waals surface area contributed by atoms with Crippen LogP contribution in [0, 0.1) is 0 Å². The molecular weight excluding hydrogens is 344 g/mol. The third-order valence-electron chi connectivity index (χ3n) is 3.21. The first kappa shape index (κ1) is 16.4. The molecule has 0 aliphatic heterocycles. The van der Waals surface area contributed by atoms with Crippen molar-refractivity contribution >= 4 is 34.6 Å². The molecule has 0 bridgehead atoms. The fourth-order valence-electron chi connectivity index (χ4n) is 2.05. The third kappa shape index (κ3) is 4.06. The molecule has 0 aliphatic rings. The summed E-state index contributed by atoms with van der Waals surface area (Å²) in [5, 5.41) is 6.54. The second-order valence-corrected chi connectivity index (χ2v) is 6.82. The van der Waals surface area contributed by atoms with Crippen molar-refractivity contribution in [3.63, 3.8) is 0 Å². The van der Waals surface area contributed by atoms with Crippen molar-refractivity contribution in [3.8, 4) is 0 Å². The fraction of sp³-hybridized carbons (Fsp3) is 0.118. The highest BCUT2D eigenvalue weighted by Crippen LogP contribution is 2.21. The topological polar surface area (TPSA) is 68.3 Å². The van der Waals surface area contributed by atoms with Gasteiger partial charge < -0.3 is 10.1 Å². The lowest BCUT2D eigenvalue weighted by Crippen LogP contribution is -2.31. The lowest BCUT2D eigenvalue weighted by atomic mass is 10.1. The van der Waals surface area contributed by atoms with Crippen molar-refractivity contribution in [1.82, 2.24) is 10.3 Å². The van der Waals surface area contributed by atoms with Gasteiger partial charge in [0.25, 0.3) is 5.91 Å². The number of esters is 1. The molecule has 0 radical (unpaired) electrons. The van der Waals surface area contributed by atoms with E-state index in [2.05, 4.69) is 10.3 Å². The minimum absolute atomic E-state index is 0.362. The first-order valence-corrected chi connectivity index (χ1v) is 8.94. The monoisotopic (exact) mass is 358 g/mol. The van der Waals surface area contributed by atoms with Gasteiger partial charge in [-0.25, -0.2) is 4.79 Å². The van der Waals surface area contributed by atoms with E-state index in [1.807, 2.05) is 17.5 Å². The minimum Gasteiger partial charge on any atom is -0.443 e. The van der Waals surface area contributed by atoms with E-state index in [-0.39, 0.29) is 5.91 Å². The summed E-state index contributed by atoms with van der Waals surface area (Å²) < 4.78 is 5.45. The standard InChI is InChI=1S/C17H14N2O3S2/c20-16(19-11-13-3-1-9-23-13)15(12-5-7-18-8-6-12)22-17(21)14-4-2-10-24-14/h1-10,15H,11H2,(H,19,20). The highest BCUT2D eigenvalue weighted by Gasteiger charge is 2.26. The van der Waals surface area contributed by atoms with E-state index < -0.39 is 12.1 Å². The van der Waals surface area contributed by atoms with Crippen LogP contribution in [0.2, 0.25) is 0 Å². The summed E-state index contributed by atoms with van der Waals surface area (Å²) in [4.78, 5) is 30.2. The number of nitrogens with zero attached hydrogens (tertiary/aromatic N) is 1. The highest BCUT2D eigenvalue weighted by molar-refractivity contribution is 7.12. The zero-order valence-electron chi connectivity index (χ0n) is 12.5. The summed E-state index contributed by atoms with van der Waals surface area (Å²) in [5.41, 5.74) is 0.582. The zero-order valence-corrected chi connectivity index (χ0v) is 14.2. The number of aromatic nitrogens is 1. The van der Waals surface area contributed by atoms with Crippen LogP contribution < -0.4 is 5.32 Å². The van der Waals surface area contributed by atoms with E-state index in [0.717, 1.165) is 4.88 Å². The first-order valence-electron chi connectivity index (χ1n) is 7.18. The number of pyridine rings is 1. The molecule has 1 unspecified atom stereocenters. The van der Waals surface area contributed by atoms with Crippen molar-refractivity contribution in [2.45, 2.75) is 12.6 Å². The second-order valence-electron chi connectivity index (χ2n) is 4.84. The molecule has 5 nitrogen and oxygen atoms in total. The van der Waals surface area contributed by atoms with Gasteiger partial charge in [0, 0.05) is 22.8 Å². The van der Waals surface area contributed by atoms with Crippen LogP contribution in [0.1, 0.15) is 26.2 Å². The Kier molecular flexibility index (Phi) is 5.35. The Balaban J connectivity index is 1.74. The van der Waals surface area contributed by atoms with E-state index in [4.69, 9.17) is 4.74 Å². The number of amides is 1. The Hall–Kier alpha value is -2.51. The molecule has 0 fully saturated rings. The van der Waals surface area contributed by atoms with Crippen molar-refractivity contribution in [2.24, 2.45) is 0 Å². The summed E-state index contributed by atoms with van der Waals surface area (Å²) in [6.45, 7) is 0.397. The number of thiophene rings is 2. The quantitative estimate of drug-likeness (QED) is 0.686. The maximum absolute atomic E-state index is 12.5. The molecule has 0 saturated heterocycles. The molecular formula is C17H14N2O3S2. The first-order chi connectivity index (χ1) is 11.7. The maximum atomic E-state index is 12.5. The van der Waals surface area contributed by atoms with E-state index >= 15 is 0 Å². The molecule has 3 heterocycles. The predicted octanol–water partition coefficient (Wildman–Crippen LogP) is 3.42. The van der Waals surface area contributed by atoms with E-state index in [1.165, 1.54) is 11.3 Å². The fourth-order valence-corrected chi connectivity index (χ4v) is 3.30. The number of carbonyl (C=O) groups excluding carboxylic acids is 2. The third-order valence-corrected chi connectivity index (χ3v) is 4.94. The van der Waals surface area contributed by atoms with Gasteiger partial charge in [-0.15, -0.1) is 22.7 Å². The minimum atomic E-state index is -1.01. The molecule has 3 rings (SSSR count). The molecule has 1 atom stereocenters. The van der Waals surface area contributed by atoms with Gasteiger partial charge in [0.15, 0.2) is 0 Å². The average molecular weight is 358 g/mol. The molecule has 3 aromatic heterocycles.